The van der Waals surface area contributed by atoms with Crippen LogP contribution in [0.15, 0.2) is 0 Å². The van der Waals surface area contributed by atoms with Gasteiger partial charge in [0.1, 0.15) is 0 Å². The van der Waals surface area contributed by atoms with Crippen molar-refractivity contribution in [2.75, 3.05) is 13.2 Å². The van der Waals surface area contributed by atoms with Gasteiger partial charge in [0, 0.05) is 12.6 Å². The first-order valence-corrected chi connectivity index (χ1v) is 2.69. The number of aliphatic hydroxyl groups excluding tert-OH is 2. The van der Waals surface area contributed by atoms with Crippen LogP contribution in [0.25, 0.3) is 0 Å². The fraction of sp³-hybridized carbons (Fsp3) is 1.00. The van der Waals surface area contributed by atoms with Gasteiger partial charge in [0.15, 0.2) is 0 Å². The van der Waals surface area contributed by atoms with Crippen LogP contribution in [0.3, 0.4) is 0 Å². The monoisotopic (exact) mass is 119 g/mol. The zero-order valence-electron chi connectivity index (χ0n) is 5.04. The number of hydrogen-bond acceptors (Lipinski definition) is 3. The van der Waals surface area contributed by atoms with E-state index in [-0.39, 0.29) is 25.2 Å². The van der Waals surface area contributed by atoms with Crippen molar-refractivity contribution in [3.63, 3.8) is 0 Å². The largest absolute Gasteiger partial charge is 0.396 e. The number of hydrogen-bond donors (Lipinski definition) is 3. The van der Waals surface area contributed by atoms with Crippen molar-refractivity contribution in [2.45, 2.75) is 13.0 Å². The molecule has 0 aromatic carbocycles. The molecule has 0 amide bonds. The molecule has 0 aliphatic rings. The SMILES string of the molecule is C[C@@H](CO)[C@H](N)CO. The average Bonchev–Trinajstić information content (AvgIpc) is 1.84. The second-order valence-electron chi connectivity index (χ2n) is 2.01. The summed E-state index contributed by atoms with van der Waals surface area (Å²) >= 11 is 0. The standard InChI is InChI=1S/C5H13NO2/c1-4(2-7)5(6)3-8/h4-5,7-8H,2-3,6H2,1H3/t4-,5+/m0/s1. The molecule has 4 N–H and O–H groups in total. The molecule has 0 aliphatic heterocycles. The van der Waals surface area contributed by atoms with Crippen molar-refractivity contribution in [3.8, 4) is 0 Å². The van der Waals surface area contributed by atoms with E-state index in [1.165, 1.54) is 0 Å². The van der Waals surface area contributed by atoms with Gasteiger partial charge in [-0.2, -0.15) is 0 Å². The smallest absolute Gasteiger partial charge is 0.0586 e. The number of aliphatic hydroxyl groups is 2. The Morgan fingerprint density at radius 3 is 2.00 bits per heavy atom. The summed E-state index contributed by atoms with van der Waals surface area (Å²) in [6, 6.07) is -0.278. The zero-order chi connectivity index (χ0) is 6.57. The van der Waals surface area contributed by atoms with E-state index in [2.05, 4.69) is 0 Å². The molecule has 0 radical (unpaired) electrons. The molecule has 0 saturated carbocycles. The molecule has 0 bridgehead atoms. The summed E-state index contributed by atoms with van der Waals surface area (Å²) in [5, 5.41) is 16.8. The summed E-state index contributed by atoms with van der Waals surface area (Å²) in [6.45, 7) is 1.78. The van der Waals surface area contributed by atoms with E-state index in [9.17, 15) is 0 Å². The third-order valence-electron chi connectivity index (χ3n) is 1.23. The van der Waals surface area contributed by atoms with Crippen molar-refractivity contribution in [1.82, 2.24) is 0 Å². The van der Waals surface area contributed by atoms with Crippen LogP contribution in [0.5, 0.6) is 0 Å². The lowest BCUT2D eigenvalue weighted by molar-refractivity contribution is 0.171. The van der Waals surface area contributed by atoms with Gasteiger partial charge in [-0.3, -0.25) is 0 Å². The molecule has 2 atom stereocenters. The van der Waals surface area contributed by atoms with Crippen molar-refractivity contribution < 1.29 is 10.2 Å². The minimum absolute atomic E-state index is 0.000000000000000444. The second kappa shape index (κ2) is 3.83. The third kappa shape index (κ3) is 2.26. The molecule has 8 heavy (non-hydrogen) atoms. The predicted octanol–water partition coefficient (Wildman–Crippen LogP) is -1.07. The van der Waals surface area contributed by atoms with E-state index in [1.807, 2.05) is 0 Å². The van der Waals surface area contributed by atoms with Crippen molar-refractivity contribution >= 4 is 0 Å². The van der Waals surface area contributed by atoms with Gasteiger partial charge in [0.25, 0.3) is 0 Å². The van der Waals surface area contributed by atoms with E-state index in [0.29, 0.717) is 0 Å². The molecule has 50 valence electrons. The molecule has 0 aromatic rings. The summed E-state index contributed by atoms with van der Waals surface area (Å²) in [4.78, 5) is 0. The molecule has 0 aromatic heterocycles. The highest BCUT2D eigenvalue weighted by Crippen LogP contribution is 1.95. The highest BCUT2D eigenvalue weighted by atomic mass is 16.3. The van der Waals surface area contributed by atoms with Crippen LogP contribution in [0.2, 0.25) is 0 Å². The maximum atomic E-state index is 8.45. The summed E-state index contributed by atoms with van der Waals surface area (Å²) in [6.07, 6.45) is 0. The minimum Gasteiger partial charge on any atom is -0.396 e. The Morgan fingerprint density at radius 1 is 1.38 bits per heavy atom. The fourth-order valence-corrected chi connectivity index (χ4v) is 0.315. The van der Waals surface area contributed by atoms with Gasteiger partial charge >= 0.3 is 0 Å². The van der Waals surface area contributed by atoms with Gasteiger partial charge in [0.05, 0.1) is 6.61 Å². The lowest BCUT2D eigenvalue weighted by Gasteiger charge is -2.13. The number of rotatable bonds is 3. The molecule has 0 aliphatic carbocycles. The molecule has 0 fully saturated rings. The first-order valence-electron chi connectivity index (χ1n) is 2.69. The van der Waals surface area contributed by atoms with Crippen LogP contribution >= 0.6 is 0 Å². The van der Waals surface area contributed by atoms with Crippen LogP contribution in [0.1, 0.15) is 6.92 Å². The molecule has 0 spiro atoms. The van der Waals surface area contributed by atoms with Gasteiger partial charge in [-0.05, 0) is 5.92 Å². The highest BCUT2D eigenvalue weighted by Gasteiger charge is 2.08. The quantitative estimate of drug-likeness (QED) is 0.443. The lowest BCUT2D eigenvalue weighted by atomic mass is 10.1. The third-order valence-corrected chi connectivity index (χ3v) is 1.23. The Bertz CT molecular complexity index is 50.4. The maximum Gasteiger partial charge on any atom is 0.0586 e. The second-order valence-corrected chi connectivity index (χ2v) is 2.01. The topological polar surface area (TPSA) is 66.5 Å². The summed E-state index contributed by atoms with van der Waals surface area (Å²) in [7, 11) is 0. The van der Waals surface area contributed by atoms with E-state index >= 15 is 0 Å². The van der Waals surface area contributed by atoms with Crippen molar-refractivity contribution in [1.29, 1.82) is 0 Å². The molecule has 0 unspecified atom stereocenters. The summed E-state index contributed by atoms with van der Waals surface area (Å²) in [5.41, 5.74) is 5.32. The first-order chi connectivity index (χ1) is 3.72. The predicted molar refractivity (Wildman–Crippen MR) is 31.3 cm³/mol. The van der Waals surface area contributed by atoms with Crippen LogP contribution in [0, 0.1) is 5.92 Å². The summed E-state index contributed by atoms with van der Waals surface area (Å²) < 4.78 is 0. The van der Waals surface area contributed by atoms with E-state index < -0.39 is 0 Å². The van der Waals surface area contributed by atoms with Crippen LogP contribution in [-0.2, 0) is 0 Å². The lowest BCUT2D eigenvalue weighted by Crippen LogP contribution is -2.33. The molecule has 0 saturated heterocycles. The molecule has 0 rings (SSSR count). The van der Waals surface area contributed by atoms with E-state index in [4.69, 9.17) is 15.9 Å². The Morgan fingerprint density at radius 2 is 1.88 bits per heavy atom. The molecular formula is C5H13NO2. The summed E-state index contributed by atoms with van der Waals surface area (Å²) in [5.74, 6) is -0.000000000000000444. The zero-order valence-corrected chi connectivity index (χ0v) is 5.04. The normalized spacial score (nSPS) is 18.0. The maximum absolute atomic E-state index is 8.45. The molecule has 3 heteroatoms. The van der Waals surface area contributed by atoms with Crippen LogP contribution in [0.4, 0.5) is 0 Å². The molecule has 3 nitrogen and oxygen atoms in total. The molecule has 0 heterocycles. The van der Waals surface area contributed by atoms with Gasteiger partial charge in [-0.25, -0.2) is 0 Å². The Balaban J connectivity index is 3.29. The van der Waals surface area contributed by atoms with Crippen LogP contribution < -0.4 is 5.73 Å². The van der Waals surface area contributed by atoms with Crippen LogP contribution in [-0.4, -0.2) is 29.5 Å². The molecular weight excluding hydrogens is 106 g/mol. The van der Waals surface area contributed by atoms with Crippen molar-refractivity contribution in [2.24, 2.45) is 11.7 Å². The highest BCUT2D eigenvalue weighted by molar-refractivity contribution is 4.65. The van der Waals surface area contributed by atoms with E-state index in [0.717, 1.165) is 0 Å². The van der Waals surface area contributed by atoms with Gasteiger partial charge in [-0.15, -0.1) is 0 Å². The van der Waals surface area contributed by atoms with E-state index in [1.54, 1.807) is 6.92 Å². The Hall–Kier alpha value is -0.120. The van der Waals surface area contributed by atoms with Gasteiger partial charge in [-0.1, -0.05) is 6.92 Å². The number of nitrogens with two attached hydrogens (primary N) is 1. The van der Waals surface area contributed by atoms with Gasteiger partial charge in [0.2, 0.25) is 0 Å². The Labute approximate surface area is 49.1 Å². The minimum atomic E-state index is -0.278. The van der Waals surface area contributed by atoms with Gasteiger partial charge < -0.3 is 15.9 Å². The Kier molecular flexibility index (Phi) is 3.77. The van der Waals surface area contributed by atoms with Crippen molar-refractivity contribution in [3.05, 3.63) is 0 Å². The fourth-order valence-electron chi connectivity index (χ4n) is 0.315. The first kappa shape index (κ1) is 7.88. The average molecular weight is 119 g/mol.